The van der Waals surface area contributed by atoms with Crippen LogP contribution in [0.4, 0.5) is 10.1 Å². The Morgan fingerprint density at radius 1 is 1.06 bits per heavy atom. The lowest BCUT2D eigenvalue weighted by molar-refractivity contribution is 0.0964. The number of amides is 1. The number of halogens is 1. The fourth-order valence-electron chi connectivity index (χ4n) is 4.09. The summed E-state index contributed by atoms with van der Waals surface area (Å²) in [5, 5.41) is 6.95. The molecule has 2 heterocycles. The van der Waals surface area contributed by atoms with Crippen molar-refractivity contribution in [2.24, 2.45) is 0 Å². The van der Waals surface area contributed by atoms with E-state index in [9.17, 15) is 9.18 Å². The van der Waals surface area contributed by atoms with Gasteiger partial charge in [0.05, 0.1) is 5.56 Å². The number of ether oxygens (including phenoxy) is 1. The van der Waals surface area contributed by atoms with Crippen molar-refractivity contribution in [3.8, 4) is 22.8 Å². The van der Waals surface area contributed by atoms with Crippen molar-refractivity contribution in [3.05, 3.63) is 83.7 Å². The lowest BCUT2D eigenvalue weighted by Gasteiger charge is -2.09. The van der Waals surface area contributed by atoms with E-state index < -0.39 is 0 Å². The minimum atomic E-state index is -0.317. The predicted octanol–water partition coefficient (Wildman–Crippen LogP) is 6.61. The van der Waals surface area contributed by atoms with Crippen molar-refractivity contribution in [2.75, 3.05) is 18.9 Å². The molecule has 3 aromatic carbocycles. The molecule has 5 rings (SSSR count). The largest absolute Gasteiger partial charge is 0.457 e. The topological polar surface area (TPSA) is 63.5 Å². The Morgan fingerprint density at radius 2 is 1.76 bits per heavy atom. The molecule has 0 fully saturated rings. The van der Waals surface area contributed by atoms with Gasteiger partial charge in [0.25, 0.3) is 5.91 Å². The van der Waals surface area contributed by atoms with Crippen molar-refractivity contribution in [2.45, 2.75) is 13.3 Å². The number of nitrogens with one attached hydrogen (secondary N) is 2. The fourth-order valence-corrected chi connectivity index (χ4v) is 4.09. The van der Waals surface area contributed by atoms with Crippen LogP contribution >= 0.6 is 0 Å². The molecule has 2 N–H and O–H groups in total. The van der Waals surface area contributed by atoms with Crippen molar-refractivity contribution in [1.29, 1.82) is 0 Å². The van der Waals surface area contributed by atoms with Gasteiger partial charge in [0.1, 0.15) is 28.7 Å². The first-order valence-corrected chi connectivity index (χ1v) is 10.8. The van der Waals surface area contributed by atoms with E-state index in [-0.39, 0.29) is 11.7 Å². The summed E-state index contributed by atoms with van der Waals surface area (Å²) in [6.07, 6.45) is 3.15. The van der Waals surface area contributed by atoms with Crippen LogP contribution in [0.1, 0.15) is 29.3 Å². The standard InChI is InChI=1S/C27H23FN2O3/c1-16-4-3-13-30-23-15-24-22(14-21(16)23)25(27(31)29-2)26(33-24)17-5-9-19(10-6-17)32-20-11-7-18(28)8-12-20/h4-12,14-15,30H,3,13H2,1-2H3,(H,29,31). The molecule has 0 bridgehead atoms. The van der Waals surface area contributed by atoms with Crippen LogP contribution in [0.25, 0.3) is 27.9 Å². The van der Waals surface area contributed by atoms with E-state index in [4.69, 9.17) is 9.15 Å². The molecule has 0 saturated heterocycles. The van der Waals surface area contributed by atoms with Crippen molar-refractivity contribution >= 4 is 28.1 Å². The van der Waals surface area contributed by atoms with E-state index in [0.29, 0.717) is 28.4 Å². The summed E-state index contributed by atoms with van der Waals surface area (Å²) in [5.41, 5.74) is 5.15. The van der Waals surface area contributed by atoms with E-state index in [1.165, 1.54) is 17.7 Å². The molecule has 0 radical (unpaired) electrons. The van der Waals surface area contributed by atoms with Gasteiger partial charge in [-0.3, -0.25) is 4.79 Å². The zero-order valence-corrected chi connectivity index (χ0v) is 18.4. The van der Waals surface area contributed by atoms with Gasteiger partial charge in [-0.2, -0.15) is 0 Å². The average Bonchev–Trinajstić information content (AvgIpc) is 3.11. The second-order valence-electron chi connectivity index (χ2n) is 7.96. The van der Waals surface area contributed by atoms with Crippen LogP contribution in [0.5, 0.6) is 11.5 Å². The van der Waals surface area contributed by atoms with Crippen LogP contribution < -0.4 is 15.4 Å². The zero-order chi connectivity index (χ0) is 22.9. The van der Waals surface area contributed by atoms with Gasteiger partial charge < -0.3 is 19.8 Å². The predicted molar refractivity (Wildman–Crippen MR) is 128 cm³/mol. The SMILES string of the molecule is CNC(=O)c1c(-c2ccc(Oc3ccc(F)cc3)cc2)oc2cc3c(cc12)C(C)=CCCN3. The molecule has 0 aliphatic carbocycles. The third-order valence-electron chi connectivity index (χ3n) is 5.78. The smallest absolute Gasteiger partial charge is 0.255 e. The molecule has 33 heavy (non-hydrogen) atoms. The molecular formula is C27H23FN2O3. The summed E-state index contributed by atoms with van der Waals surface area (Å²) in [6.45, 7) is 2.93. The molecule has 0 saturated carbocycles. The second-order valence-corrected chi connectivity index (χ2v) is 7.96. The maximum absolute atomic E-state index is 13.1. The third-order valence-corrected chi connectivity index (χ3v) is 5.78. The molecular weight excluding hydrogens is 419 g/mol. The number of anilines is 1. The maximum Gasteiger partial charge on any atom is 0.255 e. The molecule has 4 aromatic rings. The average molecular weight is 442 g/mol. The number of carbonyl (C=O) groups is 1. The summed E-state index contributed by atoms with van der Waals surface area (Å²) in [7, 11) is 1.61. The Labute approximate surface area is 190 Å². The molecule has 1 aromatic heterocycles. The Balaban J connectivity index is 1.57. The van der Waals surface area contributed by atoms with Crippen molar-refractivity contribution in [1.82, 2.24) is 5.32 Å². The molecule has 166 valence electrons. The first-order valence-electron chi connectivity index (χ1n) is 10.8. The van der Waals surface area contributed by atoms with Crippen molar-refractivity contribution < 1.29 is 18.3 Å². The van der Waals surface area contributed by atoms with Gasteiger partial charge in [0.15, 0.2) is 0 Å². The van der Waals surface area contributed by atoms with Crippen LogP contribution in [-0.2, 0) is 0 Å². The highest BCUT2D eigenvalue weighted by atomic mass is 19.1. The van der Waals surface area contributed by atoms with Crippen LogP contribution in [-0.4, -0.2) is 19.5 Å². The fraction of sp³-hybridized carbons (Fsp3) is 0.148. The maximum atomic E-state index is 13.1. The van der Waals surface area contributed by atoms with Gasteiger partial charge >= 0.3 is 0 Å². The number of furan rings is 1. The Bertz CT molecular complexity index is 1370. The number of carbonyl (C=O) groups excluding carboxylic acids is 1. The molecule has 6 heteroatoms. The monoisotopic (exact) mass is 442 g/mol. The van der Waals surface area contributed by atoms with E-state index in [2.05, 4.69) is 23.6 Å². The normalized spacial score (nSPS) is 13.0. The highest BCUT2D eigenvalue weighted by Crippen LogP contribution is 2.39. The Hall–Kier alpha value is -4.06. The summed E-state index contributed by atoms with van der Waals surface area (Å²) < 4.78 is 25.1. The molecule has 5 nitrogen and oxygen atoms in total. The van der Waals surface area contributed by atoms with Gasteiger partial charge in [-0.1, -0.05) is 6.08 Å². The lowest BCUT2D eigenvalue weighted by Crippen LogP contribution is -2.18. The molecule has 1 aliphatic rings. The summed E-state index contributed by atoms with van der Waals surface area (Å²) in [5.74, 6) is 1.11. The first kappa shape index (κ1) is 20.8. The first-order chi connectivity index (χ1) is 16.0. The summed E-state index contributed by atoms with van der Waals surface area (Å²) in [6, 6.07) is 17.1. The van der Waals surface area contributed by atoms with Gasteiger partial charge in [-0.05, 0) is 73.5 Å². The van der Waals surface area contributed by atoms with Gasteiger partial charge in [-0.25, -0.2) is 4.39 Å². The van der Waals surface area contributed by atoms with Crippen LogP contribution in [0.3, 0.4) is 0 Å². The molecule has 0 unspecified atom stereocenters. The van der Waals surface area contributed by atoms with Crippen LogP contribution in [0, 0.1) is 5.82 Å². The van der Waals surface area contributed by atoms with E-state index in [1.807, 2.05) is 24.3 Å². The Morgan fingerprint density at radius 3 is 2.45 bits per heavy atom. The van der Waals surface area contributed by atoms with E-state index >= 15 is 0 Å². The lowest BCUT2D eigenvalue weighted by atomic mass is 9.99. The highest BCUT2D eigenvalue weighted by molar-refractivity contribution is 6.12. The number of fused-ring (bicyclic) bond motifs is 2. The number of hydrogen-bond donors (Lipinski definition) is 2. The second kappa shape index (κ2) is 8.47. The summed E-state index contributed by atoms with van der Waals surface area (Å²) >= 11 is 0. The number of benzene rings is 3. The minimum absolute atomic E-state index is 0.210. The number of allylic oxidation sites excluding steroid dienone is 1. The van der Waals surface area contributed by atoms with Gasteiger partial charge in [-0.15, -0.1) is 0 Å². The third kappa shape index (κ3) is 3.96. The van der Waals surface area contributed by atoms with E-state index in [1.54, 1.807) is 31.3 Å². The molecule has 0 spiro atoms. The quantitative estimate of drug-likeness (QED) is 0.373. The minimum Gasteiger partial charge on any atom is -0.457 e. The number of rotatable bonds is 4. The van der Waals surface area contributed by atoms with Crippen LogP contribution in [0.15, 0.2) is 71.2 Å². The van der Waals surface area contributed by atoms with E-state index in [0.717, 1.165) is 35.2 Å². The van der Waals surface area contributed by atoms with Gasteiger partial charge in [0, 0.05) is 41.9 Å². The Kier molecular flexibility index (Phi) is 5.34. The van der Waals surface area contributed by atoms with Crippen molar-refractivity contribution in [3.63, 3.8) is 0 Å². The number of hydrogen-bond acceptors (Lipinski definition) is 4. The van der Waals surface area contributed by atoms with Gasteiger partial charge in [0.2, 0.25) is 0 Å². The molecule has 1 aliphatic heterocycles. The zero-order valence-electron chi connectivity index (χ0n) is 18.4. The summed E-state index contributed by atoms with van der Waals surface area (Å²) in [4.78, 5) is 12.9. The van der Waals surface area contributed by atoms with Crippen LogP contribution in [0.2, 0.25) is 0 Å². The molecule has 1 amide bonds. The highest BCUT2D eigenvalue weighted by Gasteiger charge is 2.23. The molecule has 0 atom stereocenters.